The van der Waals surface area contributed by atoms with E-state index < -0.39 is 12.0 Å². The number of rotatable bonds is 4. The van der Waals surface area contributed by atoms with Gasteiger partial charge in [-0.25, -0.2) is 14.8 Å². The van der Waals surface area contributed by atoms with Gasteiger partial charge in [-0.15, -0.1) is 0 Å². The smallest absolute Gasteiger partial charge is 0.333 e. The van der Waals surface area contributed by atoms with E-state index in [9.17, 15) is 4.79 Å². The maximum atomic E-state index is 11.9. The van der Waals surface area contributed by atoms with Crippen LogP contribution >= 0.6 is 27.5 Å². The second-order valence-electron chi connectivity index (χ2n) is 3.84. The minimum Gasteiger partial charge on any atom is -0.467 e. The van der Waals surface area contributed by atoms with Gasteiger partial charge in [0.25, 0.3) is 0 Å². The number of benzene rings is 1. The van der Waals surface area contributed by atoms with E-state index in [1.165, 1.54) is 13.4 Å². The predicted octanol–water partition coefficient (Wildman–Crippen LogP) is 3.22. The van der Waals surface area contributed by atoms with E-state index >= 15 is 0 Å². The summed E-state index contributed by atoms with van der Waals surface area (Å²) in [5.41, 5.74) is 0.765. The van der Waals surface area contributed by atoms with Crippen LogP contribution in [-0.2, 0) is 9.53 Å². The molecule has 5 nitrogen and oxygen atoms in total. The van der Waals surface area contributed by atoms with Gasteiger partial charge in [0, 0.05) is 0 Å². The van der Waals surface area contributed by atoms with Crippen LogP contribution in [0.5, 0.6) is 0 Å². The Labute approximate surface area is 129 Å². The third kappa shape index (κ3) is 3.26. The zero-order valence-electron chi connectivity index (χ0n) is 10.5. The minimum absolute atomic E-state index is 0.263. The Kier molecular flexibility index (Phi) is 4.92. The van der Waals surface area contributed by atoms with Gasteiger partial charge in [-0.1, -0.05) is 41.9 Å². The number of carbonyl (C=O) groups excluding carboxylic acids is 1. The summed E-state index contributed by atoms with van der Waals surface area (Å²) in [5.74, 6) is 0.00193. The van der Waals surface area contributed by atoms with E-state index in [1.807, 2.05) is 30.3 Å². The number of methoxy groups -OCH3 is 1. The summed E-state index contributed by atoms with van der Waals surface area (Å²) in [6.45, 7) is 0. The maximum absolute atomic E-state index is 11.9. The fourth-order valence-corrected chi connectivity index (χ4v) is 2.08. The molecule has 1 atom stereocenters. The highest BCUT2D eigenvalue weighted by atomic mass is 79.9. The molecule has 1 heterocycles. The number of ether oxygens (including phenoxy) is 1. The number of hydrogen-bond acceptors (Lipinski definition) is 5. The number of anilines is 1. The van der Waals surface area contributed by atoms with Crippen molar-refractivity contribution in [1.82, 2.24) is 9.97 Å². The Bertz CT molecular complexity index is 610. The Hall–Kier alpha value is -1.66. The molecule has 0 saturated carbocycles. The molecule has 1 aromatic heterocycles. The summed E-state index contributed by atoms with van der Waals surface area (Å²) in [4.78, 5) is 19.8. The summed E-state index contributed by atoms with van der Waals surface area (Å²) < 4.78 is 5.31. The van der Waals surface area contributed by atoms with E-state index in [1.54, 1.807) is 0 Å². The fraction of sp³-hybridized carbons (Fsp3) is 0.154. The maximum Gasteiger partial charge on any atom is 0.333 e. The molecular weight excluding hydrogens is 346 g/mol. The van der Waals surface area contributed by atoms with Crippen molar-refractivity contribution in [1.29, 1.82) is 0 Å². The molecular formula is C13H11BrClN3O2. The lowest BCUT2D eigenvalue weighted by Gasteiger charge is -2.18. The van der Waals surface area contributed by atoms with Crippen molar-refractivity contribution in [2.24, 2.45) is 0 Å². The molecule has 0 amide bonds. The van der Waals surface area contributed by atoms with Gasteiger partial charge < -0.3 is 10.1 Å². The third-order valence-electron chi connectivity index (χ3n) is 2.60. The van der Waals surface area contributed by atoms with Gasteiger partial charge >= 0.3 is 5.97 Å². The van der Waals surface area contributed by atoms with Gasteiger partial charge in [-0.05, 0) is 21.5 Å². The first-order chi connectivity index (χ1) is 9.63. The molecule has 1 aromatic carbocycles. The van der Waals surface area contributed by atoms with Crippen LogP contribution < -0.4 is 5.32 Å². The highest BCUT2D eigenvalue weighted by Crippen LogP contribution is 2.29. The van der Waals surface area contributed by atoms with E-state index in [-0.39, 0.29) is 5.15 Å². The van der Waals surface area contributed by atoms with E-state index in [0.29, 0.717) is 10.3 Å². The van der Waals surface area contributed by atoms with Crippen molar-refractivity contribution >= 4 is 39.3 Å². The summed E-state index contributed by atoms with van der Waals surface area (Å²) >= 11 is 9.18. The number of carbonyl (C=O) groups is 1. The standard InChI is InChI=1S/C13H11BrClN3O2/c1-20-13(19)10(8-5-3-2-4-6-8)18-12-9(14)11(15)16-7-17-12/h2-7,10H,1H3,(H,16,17,18). The molecule has 0 aliphatic rings. The number of esters is 1. The van der Waals surface area contributed by atoms with Crippen molar-refractivity contribution in [3.05, 3.63) is 51.8 Å². The van der Waals surface area contributed by atoms with Gasteiger partial charge in [-0.2, -0.15) is 0 Å². The van der Waals surface area contributed by atoms with Gasteiger partial charge in [0.1, 0.15) is 17.3 Å². The van der Waals surface area contributed by atoms with Gasteiger partial charge in [0.15, 0.2) is 6.04 Å². The molecule has 7 heteroatoms. The zero-order chi connectivity index (χ0) is 14.5. The average molecular weight is 357 g/mol. The van der Waals surface area contributed by atoms with Crippen molar-refractivity contribution in [3.63, 3.8) is 0 Å². The molecule has 0 fully saturated rings. The van der Waals surface area contributed by atoms with Crippen molar-refractivity contribution < 1.29 is 9.53 Å². The molecule has 0 spiro atoms. The van der Waals surface area contributed by atoms with Crippen LogP contribution in [0, 0.1) is 0 Å². The van der Waals surface area contributed by atoms with Crippen LogP contribution in [0.2, 0.25) is 5.15 Å². The molecule has 1 N–H and O–H groups in total. The van der Waals surface area contributed by atoms with E-state index in [4.69, 9.17) is 16.3 Å². The molecule has 0 radical (unpaired) electrons. The number of nitrogens with zero attached hydrogens (tertiary/aromatic N) is 2. The number of aromatic nitrogens is 2. The zero-order valence-corrected chi connectivity index (χ0v) is 12.9. The predicted molar refractivity (Wildman–Crippen MR) is 79.6 cm³/mol. The fourth-order valence-electron chi connectivity index (χ4n) is 1.63. The third-order valence-corrected chi connectivity index (χ3v) is 3.86. The Morgan fingerprint density at radius 3 is 2.70 bits per heavy atom. The van der Waals surface area contributed by atoms with Crippen LogP contribution in [0.4, 0.5) is 5.82 Å². The van der Waals surface area contributed by atoms with Crippen LogP contribution in [0.15, 0.2) is 41.1 Å². The average Bonchev–Trinajstić information content (AvgIpc) is 2.49. The second kappa shape index (κ2) is 6.67. The lowest BCUT2D eigenvalue weighted by Crippen LogP contribution is -2.23. The molecule has 0 saturated heterocycles. The van der Waals surface area contributed by atoms with Crippen LogP contribution in [0.3, 0.4) is 0 Å². The van der Waals surface area contributed by atoms with Gasteiger partial charge in [0.2, 0.25) is 0 Å². The molecule has 20 heavy (non-hydrogen) atoms. The van der Waals surface area contributed by atoms with Gasteiger partial charge in [-0.3, -0.25) is 0 Å². The van der Waals surface area contributed by atoms with Crippen LogP contribution in [-0.4, -0.2) is 23.0 Å². The molecule has 0 aliphatic heterocycles. The lowest BCUT2D eigenvalue weighted by atomic mass is 10.1. The SMILES string of the molecule is COC(=O)C(Nc1ncnc(Cl)c1Br)c1ccccc1. The molecule has 104 valence electrons. The Morgan fingerprint density at radius 1 is 1.35 bits per heavy atom. The Balaban J connectivity index is 2.34. The Morgan fingerprint density at radius 2 is 2.05 bits per heavy atom. The summed E-state index contributed by atoms with van der Waals surface area (Å²) in [6.07, 6.45) is 1.31. The van der Waals surface area contributed by atoms with E-state index in [2.05, 4.69) is 31.2 Å². The summed E-state index contributed by atoms with van der Waals surface area (Å²) in [7, 11) is 1.34. The van der Waals surface area contributed by atoms with Gasteiger partial charge in [0.05, 0.1) is 11.6 Å². The van der Waals surface area contributed by atoms with E-state index in [0.717, 1.165) is 5.56 Å². The molecule has 2 rings (SSSR count). The number of hydrogen-bond donors (Lipinski definition) is 1. The van der Waals surface area contributed by atoms with Crippen molar-refractivity contribution in [3.8, 4) is 0 Å². The van der Waals surface area contributed by atoms with Crippen molar-refractivity contribution in [2.75, 3.05) is 12.4 Å². The van der Waals surface area contributed by atoms with Crippen LogP contribution in [0.25, 0.3) is 0 Å². The quantitative estimate of drug-likeness (QED) is 0.673. The largest absolute Gasteiger partial charge is 0.467 e. The lowest BCUT2D eigenvalue weighted by molar-refractivity contribution is -0.141. The number of halogens is 2. The highest BCUT2D eigenvalue weighted by Gasteiger charge is 2.23. The molecule has 1 unspecified atom stereocenters. The molecule has 2 aromatic rings. The first kappa shape index (κ1) is 14.7. The highest BCUT2D eigenvalue weighted by molar-refractivity contribution is 9.10. The topological polar surface area (TPSA) is 64.1 Å². The molecule has 0 aliphatic carbocycles. The monoisotopic (exact) mass is 355 g/mol. The minimum atomic E-state index is -0.677. The second-order valence-corrected chi connectivity index (χ2v) is 4.99. The number of nitrogens with one attached hydrogen (secondary N) is 1. The first-order valence-electron chi connectivity index (χ1n) is 5.68. The summed E-state index contributed by atoms with van der Waals surface area (Å²) in [5, 5.41) is 3.26. The normalized spacial score (nSPS) is 11.8. The molecule has 0 bridgehead atoms. The first-order valence-corrected chi connectivity index (χ1v) is 6.86. The van der Waals surface area contributed by atoms with Crippen LogP contribution in [0.1, 0.15) is 11.6 Å². The summed E-state index contributed by atoms with van der Waals surface area (Å²) in [6, 6.07) is 8.53. The van der Waals surface area contributed by atoms with Crippen molar-refractivity contribution in [2.45, 2.75) is 6.04 Å².